The molecule has 0 bridgehead atoms. The number of nitrogens with zero attached hydrogens (tertiary/aromatic N) is 5. The van der Waals surface area contributed by atoms with E-state index in [1.807, 2.05) is 19.1 Å². The normalized spacial score (nSPS) is 13.0. The Balaban J connectivity index is 1.66. The van der Waals surface area contributed by atoms with Crippen molar-refractivity contribution in [3.8, 4) is 17.3 Å². The third-order valence-electron chi connectivity index (χ3n) is 4.15. The van der Waals surface area contributed by atoms with Gasteiger partial charge in [0.15, 0.2) is 0 Å². The van der Waals surface area contributed by atoms with E-state index in [0.717, 1.165) is 10.2 Å². The standard InChI is InChI=1S/C19H19ClN6O2/c1-12(23-19(28)26-18(13(2)27)5-7-22-26)11-25-8-6-17(24-25)14-3-4-15(10-21)16(20)9-14/h3-9,12-13,27H,11H2,1-2H3,(H,23,28)/t12?,13-/m0/s1. The van der Waals surface area contributed by atoms with Crippen LogP contribution < -0.4 is 5.32 Å². The number of hydrogen-bond donors (Lipinski definition) is 2. The lowest BCUT2D eigenvalue weighted by atomic mass is 10.1. The first-order chi connectivity index (χ1) is 13.4. The number of aliphatic hydroxyl groups excluding tert-OH is 1. The Bertz CT molecular complexity index is 1030. The van der Waals surface area contributed by atoms with Gasteiger partial charge >= 0.3 is 6.03 Å². The molecule has 0 saturated heterocycles. The molecular weight excluding hydrogens is 380 g/mol. The van der Waals surface area contributed by atoms with Gasteiger partial charge in [0, 0.05) is 24.0 Å². The first kappa shape index (κ1) is 19.6. The lowest BCUT2D eigenvalue weighted by Crippen LogP contribution is -2.39. The Kier molecular flexibility index (Phi) is 5.78. The number of halogens is 1. The molecular formula is C19H19ClN6O2. The van der Waals surface area contributed by atoms with Crippen LogP contribution in [0.5, 0.6) is 0 Å². The second kappa shape index (κ2) is 8.25. The van der Waals surface area contributed by atoms with E-state index in [0.29, 0.717) is 28.5 Å². The van der Waals surface area contributed by atoms with Crippen LogP contribution in [-0.4, -0.2) is 36.7 Å². The highest BCUT2D eigenvalue weighted by Gasteiger charge is 2.17. The molecule has 0 spiro atoms. The topological polar surface area (TPSA) is 109 Å². The van der Waals surface area contributed by atoms with E-state index < -0.39 is 12.1 Å². The van der Waals surface area contributed by atoms with Crippen molar-refractivity contribution < 1.29 is 9.90 Å². The van der Waals surface area contributed by atoms with Crippen LogP contribution in [0.25, 0.3) is 11.3 Å². The number of nitrogens with one attached hydrogen (secondary N) is 1. The summed E-state index contributed by atoms with van der Waals surface area (Å²) in [5, 5.41) is 30.3. The molecule has 2 atom stereocenters. The van der Waals surface area contributed by atoms with Crippen molar-refractivity contribution in [3.05, 3.63) is 59.0 Å². The largest absolute Gasteiger partial charge is 0.387 e. The molecule has 1 aromatic carbocycles. The third kappa shape index (κ3) is 4.22. The summed E-state index contributed by atoms with van der Waals surface area (Å²) < 4.78 is 2.86. The van der Waals surface area contributed by atoms with Crippen molar-refractivity contribution in [1.29, 1.82) is 5.26 Å². The van der Waals surface area contributed by atoms with Gasteiger partial charge in [0.05, 0.1) is 34.6 Å². The molecule has 0 radical (unpaired) electrons. The number of benzene rings is 1. The molecule has 9 heteroatoms. The summed E-state index contributed by atoms with van der Waals surface area (Å²) in [6, 6.07) is 9.96. The first-order valence-corrected chi connectivity index (χ1v) is 9.03. The fourth-order valence-corrected chi connectivity index (χ4v) is 3.00. The summed E-state index contributed by atoms with van der Waals surface area (Å²) in [5.41, 5.74) is 2.35. The van der Waals surface area contributed by atoms with Gasteiger partial charge in [0.1, 0.15) is 6.07 Å². The Hall–Kier alpha value is -3.15. The van der Waals surface area contributed by atoms with E-state index in [1.165, 1.54) is 6.20 Å². The van der Waals surface area contributed by atoms with Gasteiger partial charge in [-0.3, -0.25) is 4.68 Å². The molecule has 3 aromatic rings. The molecule has 2 heterocycles. The maximum Gasteiger partial charge on any atom is 0.342 e. The Morgan fingerprint density at radius 2 is 2.14 bits per heavy atom. The molecule has 1 unspecified atom stereocenters. The van der Waals surface area contributed by atoms with Gasteiger partial charge in [0.25, 0.3) is 0 Å². The van der Waals surface area contributed by atoms with Gasteiger partial charge in [-0.2, -0.15) is 20.1 Å². The molecule has 0 aliphatic rings. The van der Waals surface area contributed by atoms with E-state index in [-0.39, 0.29) is 6.04 Å². The van der Waals surface area contributed by atoms with Crippen LogP contribution in [-0.2, 0) is 6.54 Å². The minimum absolute atomic E-state index is 0.226. The molecule has 8 nitrogen and oxygen atoms in total. The summed E-state index contributed by atoms with van der Waals surface area (Å²) in [6.07, 6.45) is 2.48. The van der Waals surface area contributed by atoms with E-state index in [2.05, 4.69) is 15.5 Å². The quantitative estimate of drug-likeness (QED) is 0.686. The van der Waals surface area contributed by atoms with Crippen LogP contribution in [0.2, 0.25) is 5.02 Å². The molecule has 144 valence electrons. The van der Waals surface area contributed by atoms with Crippen molar-refractivity contribution in [2.75, 3.05) is 0 Å². The minimum atomic E-state index is -0.795. The van der Waals surface area contributed by atoms with E-state index in [4.69, 9.17) is 16.9 Å². The number of aliphatic hydroxyl groups is 1. The highest BCUT2D eigenvalue weighted by atomic mass is 35.5. The van der Waals surface area contributed by atoms with Crippen LogP contribution in [0.4, 0.5) is 4.79 Å². The van der Waals surface area contributed by atoms with Crippen molar-refractivity contribution >= 4 is 17.6 Å². The SMILES string of the molecule is CC(Cn1ccc(-c2ccc(C#N)c(Cl)c2)n1)NC(=O)n1nccc1[C@H](C)O. The smallest absolute Gasteiger partial charge is 0.342 e. The van der Waals surface area contributed by atoms with Crippen molar-refractivity contribution in [2.45, 2.75) is 32.5 Å². The van der Waals surface area contributed by atoms with Gasteiger partial charge in [0.2, 0.25) is 0 Å². The Morgan fingerprint density at radius 3 is 2.82 bits per heavy atom. The van der Waals surface area contributed by atoms with E-state index >= 15 is 0 Å². The van der Waals surface area contributed by atoms with Crippen molar-refractivity contribution in [3.63, 3.8) is 0 Å². The van der Waals surface area contributed by atoms with Gasteiger partial charge in [-0.25, -0.2) is 4.79 Å². The summed E-state index contributed by atoms with van der Waals surface area (Å²) in [7, 11) is 0. The number of nitriles is 1. The summed E-state index contributed by atoms with van der Waals surface area (Å²) in [5.74, 6) is 0. The number of carbonyl (C=O) groups excluding carboxylic acids is 1. The first-order valence-electron chi connectivity index (χ1n) is 8.65. The second-order valence-electron chi connectivity index (χ2n) is 6.42. The summed E-state index contributed by atoms with van der Waals surface area (Å²) in [4.78, 5) is 12.4. The minimum Gasteiger partial charge on any atom is -0.387 e. The van der Waals surface area contributed by atoms with Gasteiger partial charge in [-0.15, -0.1) is 0 Å². The monoisotopic (exact) mass is 398 g/mol. The molecule has 2 N–H and O–H groups in total. The summed E-state index contributed by atoms with van der Waals surface area (Å²) >= 11 is 6.08. The van der Waals surface area contributed by atoms with Crippen LogP contribution in [0.15, 0.2) is 42.7 Å². The number of rotatable bonds is 5. The highest BCUT2D eigenvalue weighted by Crippen LogP contribution is 2.24. The maximum atomic E-state index is 12.4. The average Bonchev–Trinajstić information content (AvgIpc) is 3.31. The average molecular weight is 399 g/mol. The Morgan fingerprint density at radius 1 is 1.36 bits per heavy atom. The molecule has 3 rings (SSSR count). The van der Waals surface area contributed by atoms with Crippen molar-refractivity contribution in [2.24, 2.45) is 0 Å². The van der Waals surface area contributed by atoms with Crippen LogP contribution in [0.3, 0.4) is 0 Å². The van der Waals surface area contributed by atoms with Crippen LogP contribution >= 0.6 is 11.6 Å². The highest BCUT2D eigenvalue weighted by molar-refractivity contribution is 6.32. The molecule has 0 aliphatic carbocycles. The number of aromatic nitrogens is 4. The molecule has 28 heavy (non-hydrogen) atoms. The van der Waals surface area contributed by atoms with Crippen LogP contribution in [0, 0.1) is 11.3 Å². The fraction of sp³-hybridized carbons (Fsp3) is 0.263. The lowest BCUT2D eigenvalue weighted by molar-refractivity contribution is 0.185. The van der Waals surface area contributed by atoms with Gasteiger partial charge in [-0.05, 0) is 38.1 Å². The van der Waals surface area contributed by atoms with Crippen molar-refractivity contribution in [1.82, 2.24) is 24.9 Å². The number of carbonyl (C=O) groups is 1. The zero-order valence-corrected chi connectivity index (χ0v) is 16.1. The van der Waals surface area contributed by atoms with E-state index in [1.54, 1.807) is 42.1 Å². The maximum absolute atomic E-state index is 12.4. The predicted molar refractivity (Wildman–Crippen MR) is 104 cm³/mol. The fourth-order valence-electron chi connectivity index (χ4n) is 2.78. The molecule has 1 amide bonds. The summed E-state index contributed by atoms with van der Waals surface area (Å²) in [6.45, 7) is 3.87. The molecule has 0 aliphatic heterocycles. The zero-order valence-electron chi connectivity index (χ0n) is 15.4. The molecule has 0 saturated carbocycles. The molecule has 2 aromatic heterocycles. The second-order valence-corrected chi connectivity index (χ2v) is 6.83. The predicted octanol–water partition coefficient (Wildman–Crippen LogP) is 2.97. The zero-order chi connectivity index (χ0) is 20.3. The van der Waals surface area contributed by atoms with Gasteiger partial charge in [-0.1, -0.05) is 17.7 Å². The number of amides is 1. The lowest BCUT2D eigenvalue weighted by Gasteiger charge is -2.15. The third-order valence-corrected chi connectivity index (χ3v) is 4.46. The Labute approximate surface area is 167 Å². The van der Waals surface area contributed by atoms with Gasteiger partial charge < -0.3 is 10.4 Å². The van der Waals surface area contributed by atoms with E-state index in [9.17, 15) is 9.90 Å². The molecule has 0 fully saturated rings. The van der Waals surface area contributed by atoms with Crippen LogP contribution in [0.1, 0.15) is 31.2 Å². The number of hydrogen-bond acceptors (Lipinski definition) is 5.